The number of sulfonamides is 1. The fraction of sp³-hybridized carbons (Fsp3) is 0.345. The SMILES string of the molecule is CC(C)NCCOc1ncc(-c2cc3c4c(cnc3cc2F)N(C)C(=O)C42CN(c3cncnc3)C2)cc1NS(C)(=O)=O. The first-order valence-corrected chi connectivity index (χ1v) is 15.6. The topological polar surface area (TPSA) is 143 Å². The van der Waals surface area contributed by atoms with Gasteiger partial charge in [-0.2, -0.15) is 0 Å². The number of carbonyl (C=O) groups is 1. The third-order valence-corrected chi connectivity index (χ3v) is 8.27. The van der Waals surface area contributed by atoms with Crippen molar-refractivity contribution in [1.82, 2.24) is 25.3 Å². The number of anilines is 3. The molecule has 1 amide bonds. The minimum atomic E-state index is -3.69. The van der Waals surface area contributed by atoms with Gasteiger partial charge in [-0.1, -0.05) is 13.8 Å². The molecule has 0 radical (unpaired) electrons. The Morgan fingerprint density at radius 1 is 1.09 bits per heavy atom. The van der Waals surface area contributed by atoms with Gasteiger partial charge in [0, 0.05) is 67.1 Å². The van der Waals surface area contributed by atoms with Crippen LogP contribution in [0.25, 0.3) is 22.0 Å². The molecule has 0 unspecified atom stereocenters. The summed E-state index contributed by atoms with van der Waals surface area (Å²) in [6.45, 7) is 5.60. The molecule has 2 aliphatic rings. The maximum atomic E-state index is 15.6. The predicted molar refractivity (Wildman–Crippen MR) is 161 cm³/mol. The summed E-state index contributed by atoms with van der Waals surface area (Å²) in [6.07, 6.45) is 8.91. The van der Waals surface area contributed by atoms with Crippen LogP contribution in [0.1, 0.15) is 19.4 Å². The molecular weight excluding hydrogens is 575 g/mol. The molecule has 2 N–H and O–H groups in total. The Morgan fingerprint density at radius 3 is 2.53 bits per heavy atom. The van der Waals surface area contributed by atoms with Crippen LogP contribution in [0.3, 0.4) is 0 Å². The van der Waals surface area contributed by atoms with Crippen LogP contribution in [-0.2, 0) is 20.2 Å². The number of ether oxygens (including phenoxy) is 1. The Hall–Kier alpha value is -4.43. The van der Waals surface area contributed by atoms with Crippen molar-refractivity contribution in [3.8, 4) is 17.0 Å². The summed E-state index contributed by atoms with van der Waals surface area (Å²) in [5, 5.41) is 3.85. The molecular formula is C29H31FN8O4S. The summed E-state index contributed by atoms with van der Waals surface area (Å²) in [5.74, 6) is -0.551. The van der Waals surface area contributed by atoms with Crippen LogP contribution < -0.4 is 24.6 Å². The molecule has 3 aromatic heterocycles. The van der Waals surface area contributed by atoms with Gasteiger partial charge in [0.25, 0.3) is 0 Å². The number of carbonyl (C=O) groups excluding carboxylic acids is 1. The number of benzene rings is 1. The number of rotatable bonds is 9. The maximum absolute atomic E-state index is 15.6. The molecule has 6 rings (SSSR count). The molecule has 0 atom stereocenters. The molecule has 1 aromatic carbocycles. The lowest BCUT2D eigenvalue weighted by molar-refractivity contribution is -0.123. The molecule has 0 aliphatic carbocycles. The number of amides is 1. The van der Waals surface area contributed by atoms with Crippen molar-refractivity contribution >= 4 is 43.9 Å². The van der Waals surface area contributed by atoms with Gasteiger partial charge in [0.05, 0.1) is 41.7 Å². The highest BCUT2D eigenvalue weighted by atomic mass is 32.2. The van der Waals surface area contributed by atoms with E-state index in [0.717, 1.165) is 17.5 Å². The molecule has 4 aromatic rings. The van der Waals surface area contributed by atoms with Crippen molar-refractivity contribution in [1.29, 1.82) is 0 Å². The predicted octanol–water partition coefficient (Wildman–Crippen LogP) is 2.71. The fourth-order valence-corrected chi connectivity index (χ4v) is 6.28. The molecule has 224 valence electrons. The zero-order chi connectivity index (χ0) is 30.5. The number of nitrogens with zero attached hydrogens (tertiary/aromatic N) is 6. The smallest absolute Gasteiger partial charge is 0.241 e. The van der Waals surface area contributed by atoms with E-state index in [9.17, 15) is 13.2 Å². The van der Waals surface area contributed by atoms with Gasteiger partial charge in [-0.25, -0.2) is 27.8 Å². The number of pyridine rings is 2. The molecule has 0 saturated carbocycles. The van der Waals surface area contributed by atoms with Gasteiger partial charge in [0.15, 0.2) is 0 Å². The highest BCUT2D eigenvalue weighted by Crippen LogP contribution is 2.51. The number of hydrogen-bond donors (Lipinski definition) is 2. The first kappa shape index (κ1) is 28.7. The van der Waals surface area contributed by atoms with E-state index in [2.05, 4.69) is 30.0 Å². The Kier molecular flexibility index (Phi) is 7.13. The van der Waals surface area contributed by atoms with E-state index < -0.39 is 21.3 Å². The highest BCUT2D eigenvalue weighted by Gasteiger charge is 2.58. The van der Waals surface area contributed by atoms with E-state index in [-0.39, 0.29) is 35.7 Å². The van der Waals surface area contributed by atoms with E-state index in [1.807, 2.05) is 18.7 Å². The molecule has 5 heterocycles. The standard InChI is InChI=1S/C29H31FN8O4S/c1-17(2)33-5-6-42-27-24(36-43(4,40)41)7-18(10-35-27)20-8-21-23(9-22(20)30)34-13-25-26(21)29(28(39)37(25)3)14-38(15-29)19-11-31-16-32-12-19/h7-13,16-17,33,36H,5-6,14-15H2,1-4H3. The quantitative estimate of drug-likeness (QED) is 0.273. The van der Waals surface area contributed by atoms with Gasteiger partial charge >= 0.3 is 0 Å². The Labute approximate surface area is 248 Å². The third-order valence-electron chi connectivity index (χ3n) is 7.68. The third kappa shape index (κ3) is 5.20. The van der Waals surface area contributed by atoms with Gasteiger partial charge in [-0.15, -0.1) is 0 Å². The largest absolute Gasteiger partial charge is 0.475 e. The summed E-state index contributed by atoms with van der Waals surface area (Å²) in [7, 11) is -1.98. The van der Waals surface area contributed by atoms with E-state index >= 15 is 4.39 Å². The Bertz CT molecular complexity index is 1830. The minimum absolute atomic E-state index is 0.0643. The first-order valence-electron chi connectivity index (χ1n) is 13.7. The molecule has 1 spiro atoms. The fourth-order valence-electron chi connectivity index (χ4n) is 5.74. The lowest BCUT2D eigenvalue weighted by Gasteiger charge is -2.48. The van der Waals surface area contributed by atoms with E-state index in [0.29, 0.717) is 41.8 Å². The van der Waals surface area contributed by atoms with Crippen molar-refractivity contribution in [2.45, 2.75) is 25.3 Å². The van der Waals surface area contributed by atoms with Crippen molar-refractivity contribution in [3.63, 3.8) is 0 Å². The van der Waals surface area contributed by atoms with Crippen LogP contribution in [-0.4, -0.2) is 79.8 Å². The normalized spacial score (nSPS) is 15.7. The zero-order valence-electron chi connectivity index (χ0n) is 24.1. The average molecular weight is 607 g/mol. The van der Waals surface area contributed by atoms with Crippen molar-refractivity contribution < 1.29 is 22.3 Å². The molecule has 1 fully saturated rings. The van der Waals surface area contributed by atoms with Gasteiger partial charge in [-0.3, -0.25) is 14.5 Å². The van der Waals surface area contributed by atoms with E-state index in [1.54, 1.807) is 36.6 Å². The molecule has 43 heavy (non-hydrogen) atoms. The maximum Gasteiger partial charge on any atom is 0.241 e. The van der Waals surface area contributed by atoms with Crippen LogP contribution in [0.15, 0.2) is 49.3 Å². The summed E-state index contributed by atoms with van der Waals surface area (Å²) < 4.78 is 48.1. The lowest BCUT2D eigenvalue weighted by Crippen LogP contribution is -2.64. The molecule has 14 heteroatoms. The summed E-state index contributed by atoms with van der Waals surface area (Å²) in [6, 6.07) is 4.74. The van der Waals surface area contributed by atoms with Gasteiger partial charge in [0.2, 0.25) is 21.8 Å². The number of hydrogen-bond acceptors (Lipinski definition) is 10. The second-order valence-electron chi connectivity index (χ2n) is 11.2. The summed E-state index contributed by atoms with van der Waals surface area (Å²) >= 11 is 0. The number of nitrogens with one attached hydrogen (secondary N) is 2. The number of likely N-dealkylation sites (N-methyl/N-ethyl adjacent to an activating group) is 1. The van der Waals surface area contributed by atoms with Crippen molar-refractivity contribution in [2.75, 3.05) is 54.1 Å². The summed E-state index contributed by atoms with van der Waals surface area (Å²) in [5.41, 5.74) is 2.41. The number of halogens is 1. The van der Waals surface area contributed by atoms with Crippen LogP contribution in [0.5, 0.6) is 5.88 Å². The molecule has 2 aliphatic heterocycles. The monoisotopic (exact) mass is 606 g/mol. The van der Waals surface area contributed by atoms with Gasteiger partial charge in [0.1, 0.15) is 29.9 Å². The van der Waals surface area contributed by atoms with Gasteiger partial charge in [-0.05, 0) is 12.1 Å². The Morgan fingerprint density at radius 2 is 1.84 bits per heavy atom. The van der Waals surface area contributed by atoms with Crippen molar-refractivity contribution in [3.05, 3.63) is 60.7 Å². The zero-order valence-corrected chi connectivity index (χ0v) is 24.9. The lowest BCUT2D eigenvalue weighted by atomic mass is 9.73. The summed E-state index contributed by atoms with van der Waals surface area (Å²) in [4.78, 5) is 34.2. The minimum Gasteiger partial charge on any atom is -0.475 e. The molecule has 1 saturated heterocycles. The number of aromatic nitrogens is 4. The Balaban J connectivity index is 1.41. The van der Waals surface area contributed by atoms with E-state index in [1.165, 1.54) is 24.7 Å². The molecule has 0 bridgehead atoms. The average Bonchev–Trinajstić information content (AvgIpc) is 3.16. The van der Waals surface area contributed by atoms with Crippen LogP contribution in [0.4, 0.5) is 21.5 Å². The van der Waals surface area contributed by atoms with E-state index in [4.69, 9.17) is 4.74 Å². The first-order chi connectivity index (χ1) is 20.5. The second kappa shape index (κ2) is 10.7. The molecule has 12 nitrogen and oxygen atoms in total. The van der Waals surface area contributed by atoms with Crippen LogP contribution in [0, 0.1) is 5.82 Å². The number of fused-ring (bicyclic) bond motifs is 4. The van der Waals surface area contributed by atoms with Gasteiger partial charge < -0.3 is 19.9 Å². The van der Waals surface area contributed by atoms with Crippen LogP contribution >= 0.6 is 0 Å². The van der Waals surface area contributed by atoms with Crippen LogP contribution in [0.2, 0.25) is 0 Å². The second-order valence-corrected chi connectivity index (χ2v) is 12.9. The van der Waals surface area contributed by atoms with Crippen molar-refractivity contribution in [2.24, 2.45) is 0 Å². The highest BCUT2D eigenvalue weighted by molar-refractivity contribution is 7.92.